The molecule has 0 saturated carbocycles. The molecule has 0 heterocycles. The molecular weight excluding hydrogens is 348 g/mol. The summed E-state index contributed by atoms with van der Waals surface area (Å²) in [5.41, 5.74) is 5.06. The number of anilines is 2. The van der Waals surface area contributed by atoms with Crippen LogP contribution in [0.1, 0.15) is 35.7 Å². The van der Waals surface area contributed by atoms with Gasteiger partial charge in [0.25, 0.3) is 5.91 Å². The number of carbonyl (C=O) groups excluding carboxylic acids is 2. The number of ketones is 1. The number of carbonyl (C=O) groups is 2. The minimum Gasteiger partial charge on any atom is -0.358 e. The molecular formula is C24H22N2O2. The van der Waals surface area contributed by atoms with Crippen molar-refractivity contribution in [3.63, 3.8) is 0 Å². The van der Waals surface area contributed by atoms with Crippen LogP contribution in [0.25, 0.3) is 10.8 Å². The van der Waals surface area contributed by atoms with Crippen LogP contribution in [-0.4, -0.2) is 11.7 Å². The molecule has 4 heteroatoms. The van der Waals surface area contributed by atoms with Crippen molar-refractivity contribution in [2.45, 2.75) is 26.7 Å². The summed E-state index contributed by atoms with van der Waals surface area (Å²) in [5.74, 6) is 0.0590. The normalized spacial score (nSPS) is 13.9. The first-order valence-electron chi connectivity index (χ1n) is 9.42. The Morgan fingerprint density at radius 1 is 0.893 bits per heavy atom. The number of benzene rings is 3. The maximum atomic E-state index is 12.8. The van der Waals surface area contributed by atoms with Crippen molar-refractivity contribution in [3.05, 3.63) is 83.1 Å². The van der Waals surface area contributed by atoms with Crippen LogP contribution in [0.5, 0.6) is 0 Å². The van der Waals surface area contributed by atoms with Gasteiger partial charge >= 0.3 is 0 Å². The lowest BCUT2D eigenvalue weighted by Gasteiger charge is -2.13. The minimum atomic E-state index is -0.141. The molecule has 0 saturated heterocycles. The lowest BCUT2D eigenvalue weighted by atomic mass is 10.1. The summed E-state index contributed by atoms with van der Waals surface area (Å²) >= 11 is 0. The van der Waals surface area contributed by atoms with Gasteiger partial charge in [-0.15, -0.1) is 0 Å². The van der Waals surface area contributed by atoms with Crippen molar-refractivity contribution in [2.24, 2.45) is 0 Å². The molecule has 1 aliphatic carbocycles. The number of hydrogen-bond donors (Lipinski definition) is 2. The Morgan fingerprint density at radius 2 is 1.68 bits per heavy atom. The van der Waals surface area contributed by atoms with Gasteiger partial charge in [-0.2, -0.15) is 0 Å². The Kier molecular flexibility index (Phi) is 4.70. The molecule has 0 spiro atoms. The van der Waals surface area contributed by atoms with E-state index in [1.165, 1.54) is 0 Å². The van der Waals surface area contributed by atoms with Gasteiger partial charge in [-0.25, -0.2) is 0 Å². The van der Waals surface area contributed by atoms with Crippen LogP contribution in [0.4, 0.5) is 11.4 Å². The average Bonchev–Trinajstić information content (AvgIpc) is 3.02. The number of amides is 1. The van der Waals surface area contributed by atoms with Crippen LogP contribution in [-0.2, 0) is 4.79 Å². The fourth-order valence-electron chi connectivity index (χ4n) is 3.57. The summed E-state index contributed by atoms with van der Waals surface area (Å²) in [6.45, 7) is 3.82. The van der Waals surface area contributed by atoms with E-state index in [2.05, 4.69) is 10.6 Å². The number of hydrogen-bond acceptors (Lipinski definition) is 3. The second-order valence-corrected chi connectivity index (χ2v) is 7.16. The van der Waals surface area contributed by atoms with E-state index in [-0.39, 0.29) is 11.7 Å². The second-order valence-electron chi connectivity index (χ2n) is 7.16. The molecule has 140 valence electrons. The zero-order chi connectivity index (χ0) is 19.7. The first kappa shape index (κ1) is 18.0. The van der Waals surface area contributed by atoms with Crippen molar-refractivity contribution >= 4 is 33.8 Å². The molecule has 0 fully saturated rings. The zero-order valence-corrected chi connectivity index (χ0v) is 16.0. The van der Waals surface area contributed by atoms with Crippen molar-refractivity contribution in [3.8, 4) is 0 Å². The quantitative estimate of drug-likeness (QED) is 0.642. The van der Waals surface area contributed by atoms with Gasteiger partial charge < -0.3 is 10.6 Å². The van der Waals surface area contributed by atoms with E-state index in [9.17, 15) is 9.59 Å². The highest BCUT2D eigenvalue weighted by Gasteiger charge is 2.19. The van der Waals surface area contributed by atoms with Crippen molar-refractivity contribution < 1.29 is 9.59 Å². The number of aryl methyl sites for hydroxylation is 1. The van der Waals surface area contributed by atoms with Crippen LogP contribution in [0.2, 0.25) is 0 Å². The molecule has 1 aliphatic rings. The fraction of sp³-hybridized carbons (Fsp3) is 0.167. The van der Waals surface area contributed by atoms with Crippen LogP contribution < -0.4 is 10.6 Å². The Balaban J connectivity index is 1.55. The van der Waals surface area contributed by atoms with Gasteiger partial charge in [0, 0.05) is 40.0 Å². The third kappa shape index (κ3) is 3.41. The standard InChI is InChI=1S/C24H22N2O2/c1-15-14-18(10-11-20(15)25-21-12-13-23(27)16(21)2)24(28)26-22-9-5-7-17-6-3-4-8-19(17)22/h3-11,14,25H,12-13H2,1-2H3,(H,26,28). The third-order valence-electron chi connectivity index (χ3n) is 5.28. The first-order valence-corrected chi connectivity index (χ1v) is 9.42. The summed E-state index contributed by atoms with van der Waals surface area (Å²) in [4.78, 5) is 24.5. The highest BCUT2D eigenvalue weighted by atomic mass is 16.1. The molecule has 0 bridgehead atoms. The summed E-state index contributed by atoms with van der Waals surface area (Å²) in [7, 11) is 0. The van der Waals surface area contributed by atoms with E-state index < -0.39 is 0 Å². The van der Waals surface area contributed by atoms with E-state index >= 15 is 0 Å². The highest BCUT2D eigenvalue weighted by molar-refractivity contribution is 6.09. The fourth-order valence-corrected chi connectivity index (χ4v) is 3.57. The number of Topliss-reactive ketones (excluding diaryl/α,β-unsaturated/α-hetero) is 1. The van der Waals surface area contributed by atoms with Gasteiger partial charge in [0.1, 0.15) is 0 Å². The molecule has 4 rings (SSSR count). The van der Waals surface area contributed by atoms with Crippen LogP contribution in [0.15, 0.2) is 71.9 Å². The lowest BCUT2D eigenvalue weighted by molar-refractivity contribution is -0.114. The SMILES string of the molecule is CC1=C(Nc2ccc(C(=O)Nc3cccc4ccccc34)cc2C)CCC1=O. The number of nitrogens with one attached hydrogen (secondary N) is 2. The topological polar surface area (TPSA) is 58.2 Å². The summed E-state index contributed by atoms with van der Waals surface area (Å²) in [6.07, 6.45) is 1.31. The van der Waals surface area contributed by atoms with Crippen molar-refractivity contribution in [1.29, 1.82) is 0 Å². The molecule has 0 aromatic heterocycles. The molecule has 0 aliphatic heterocycles. The highest BCUT2D eigenvalue weighted by Crippen LogP contribution is 2.27. The number of rotatable bonds is 4. The van der Waals surface area contributed by atoms with Gasteiger partial charge in [0.05, 0.1) is 0 Å². The Labute approximate surface area is 164 Å². The van der Waals surface area contributed by atoms with Gasteiger partial charge in [-0.3, -0.25) is 9.59 Å². The molecule has 3 aromatic carbocycles. The Hall–Kier alpha value is -3.40. The second kappa shape index (κ2) is 7.31. The lowest BCUT2D eigenvalue weighted by Crippen LogP contribution is -2.12. The number of allylic oxidation sites excluding steroid dienone is 2. The van der Waals surface area contributed by atoms with Gasteiger partial charge in [-0.1, -0.05) is 36.4 Å². The maximum Gasteiger partial charge on any atom is 0.255 e. The van der Waals surface area contributed by atoms with E-state index in [1.807, 2.05) is 74.5 Å². The van der Waals surface area contributed by atoms with Gasteiger partial charge in [-0.05, 0) is 55.5 Å². The van der Waals surface area contributed by atoms with Crippen molar-refractivity contribution in [1.82, 2.24) is 0 Å². The predicted molar refractivity (Wildman–Crippen MR) is 114 cm³/mol. The van der Waals surface area contributed by atoms with Gasteiger partial charge in [0.2, 0.25) is 0 Å². The molecule has 0 unspecified atom stereocenters. The summed E-state index contributed by atoms with van der Waals surface area (Å²) in [5, 5.41) is 8.48. The Morgan fingerprint density at radius 3 is 2.43 bits per heavy atom. The minimum absolute atomic E-state index is 0.141. The number of fused-ring (bicyclic) bond motifs is 1. The van der Waals surface area contributed by atoms with Crippen LogP contribution in [0, 0.1) is 6.92 Å². The van der Waals surface area contributed by atoms with E-state index in [4.69, 9.17) is 0 Å². The molecule has 3 aromatic rings. The molecule has 0 radical (unpaired) electrons. The summed E-state index contributed by atoms with van der Waals surface area (Å²) in [6, 6.07) is 19.4. The molecule has 0 atom stereocenters. The molecule has 28 heavy (non-hydrogen) atoms. The maximum absolute atomic E-state index is 12.8. The summed E-state index contributed by atoms with van der Waals surface area (Å²) < 4.78 is 0. The van der Waals surface area contributed by atoms with E-state index in [0.717, 1.165) is 45.4 Å². The van der Waals surface area contributed by atoms with E-state index in [0.29, 0.717) is 12.0 Å². The zero-order valence-electron chi connectivity index (χ0n) is 16.0. The Bertz CT molecular complexity index is 1120. The molecule has 2 N–H and O–H groups in total. The predicted octanol–water partition coefficient (Wildman–Crippen LogP) is 5.45. The van der Waals surface area contributed by atoms with Crippen molar-refractivity contribution in [2.75, 3.05) is 10.6 Å². The largest absolute Gasteiger partial charge is 0.358 e. The van der Waals surface area contributed by atoms with Gasteiger partial charge in [0.15, 0.2) is 5.78 Å². The average molecular weight is 370 g/mol. The van der Waals surface area contributed by atoms with E-state index in [1.54, 1.807) is 0 Å². The molecule has 1 amide bonds. The first-order chi connectivity index (χ1) is 13.5. The molecule has 4 nitrogen and oxygen atoms in total. The smallest absolute Gasteiger partial charge is 0.255 e. The van der Waals surface area contributed by atoms with Crippen LogP contribution >= 0.6 is 0 Å². The monoisotopic (exact) mass is 370 g/mol. The van der Waals surface area contributed by atoms with Crippen LogP contribution in [0.3, 0.4) is 0 Å². The third-order valence-corrected chi connectivity index (χ3v) is 5.28.